The fourth-order valence-corrected chi connectivity index (χ4v) is 3.65. The monoisotopic (exact) mass is 326 g/mol. The van der Waals surface area contributed by atoms with Crippen LogP contribution in [-0.2, 0) is 6.42 Å². The lowest BCUT2D eigenvalue weighted by Crippen LogP contribution is -2.31. The van der Waals surface area contributed by atoms with Crippen molar-refractivity contribution in [3.63, 3.8) is 0 Å². The van der Waals surface area contributed by atoms with Gasteiger partial charge < -0.3 is 0 Å². The van der Waals surface area contributed by atoms with Gasteiger partial charge in [0.25, 0.3) is 17.4 Å². The number of carbonyl (C=O) groups is 2. The highest BCUT2D eigenvalue weighted by atomic mass is 32.1. The summed E-state index contributed by atoms with van der Waals surface area (Å²) >= 11 is 1.00. The van der Waals surface area contributed by atoms with Gasteiger partial charge in [0.05, 0.1) is 5.69 Å². The predicted octanol–water partition coefficient (Wildman–Crippen LogP) is 1.51. The molecule has 0 bridgehead atoms. The van der Waals surface area contributed by atoms with E-state index in [-0.39, 0.29) is 15.5 Å². The molecule has 3 heterocycles. The molecule has 23 heavy (non-hydrogen) atoms. The minimum Gasteiger partial charge on any atom is -0.267 e. The van der Waals surface area contributed by atoms with Crippen molar-refractivity contribution in [3.8, 4) is 0 Å². The fourth-order valence-electron chi connectivity index (χ4n) is 2.66. The summed E-state index contributed by atoms with van der Waals surface area (Å²) in [6.07, 6.45) is 1.73. The van der Waals surface area contributed by atoms with Crippen molar-refractivity contribution in [2.75, 3.05) is 4.90 Å². The van der Waals surface area contributed by atoms with Gasteiger partial charge in [-0.1, -0.05) is 36.5 Å². The van der Waals surface area contributed by atoms with Gasteiger partial charge in [-0.15, -0.1) is 0 Å². The molecule has 3 aromatic rings. The van der Waals surface area contributed by atoms with Gasteiger partial charge in [-0.3, -0.25) is 14.4 Å². The minimum absolute atomic E-state index is 0.161. The summed E-state index contributed by atoms with van der Waals surface area (Å²) in [6.45, 7) is 1.96. The second-order valence-corrected chi connectivity index (χ2v) is 5.97. The Labute approximate surface area is 133 Å². The Morgan fingerprint density at radius 1 is 1.13 bits per heavy atom. The minimum atomic E-state index is -0.502. The van der Waals surface area contributed by atoms with Crippen molar-refractivity contribution in [3.05, 3.63) is 57.0 Å². The van der Waals surface area contributed by atoms with Gasteiger partial charge in [0.15, 0.2) is 5.69 Å². The third kappa shape index (κ3) is 1.85. The molecule has 0 saturated carbocycles. The number of thiazole rings is 1. The Bertz CT molecular complexity index is 1040. The van der Waals surface area contributed by atoms with Gasteiger partial charge in [0.1, 0.15) is 11.1 Å². The number of hydrogen-bond donors (Lipinski definition) is 0. The van der Waals surface area contributed by atoms with Gasteiger partial charge in [-0.05, 0) is 18.1 Å². The molecule has 0 aliphatic carbocycles. The standard InChI is InChI=1S/C15H10N4O3S/c1-2-8-5-3-4-6-9(8)18-13(21)11-12(14(18)22)23-15-17-10(20)7-16-19(11)15/h3-7H,2H2,1H3. The van der Waals surface area contributed by atoms with Crippen molar-refractivity contribution in [1.29, 1.82) is 0 Å². The number of nitrogens with zero attached hydrogens (tertiary/aromatic N) is 4. The fraction of sp³-hybridized carbons (Fsp3) is 0.133. The molecule has 0 atom stereocenters. The summed E-state index contributed by atoms with van der Waals surface area (Å²) in [6, 6.07) is 7.29. The summed E-state index contributed by atoms with van der Waals surface area (Å²) in [5, 5.41) is 3.92. The quantitative estimate of drug-likeness (QED) is 0.667. The third-order valence-corrected chi connectivity index (χ3v) is 4.73. The molecule has 4 rings (SSSR count). The molecule has 1 aliphatic heterocycles. The summed E-state index contributed by atoms with van der Waals surface area (Å²) < 4.78 is 1.26. The van der Waals surface area contributed by atoms with Crippen LogP contribution in [0, 0.1) is 0 Å². The van der Waals surface area contributed by atoms with Crippen molar-refractivity contribution in [1.82, 2.24) is 14.6 Å². The SMILES string of the molecule is CCc1ccccc1N1C(=O)c2sc3nc(=O)cnn3c2C1=O. The van der Waals surface area contributed by atoms with E-state index >= 15 is 0 Å². The van der Waals surface area contributed by atoms with Crippen LogP contribution < -0.4 is 10.5 Å². The molecule has 0 N–H and O–H groups in total. The van der Waals surface area contributed by atoms with E-state index < -0.39 is 17.4 Å². The Morgan fingerprint density at radius 3 is 2.70 bits per heavy atom. The second kappa shape index (κ2) is 4.82. The number of rotatable bonds is 2. The lowest BCUT2D eigenvalue weighted by molar-refractivity contribution is 0.0924. The van der Waals surface area contributed by atoms with E-state index in [0.717, 1.165) is 23.1 Å². The van der Waals surface area contributed by atoms with Gasteiger partial charge in [0.2, 0.25) is 4.96 Å². The zero-order valence-electron chi connectivity index (χ0n) is 12.0. The smallest absolute Gasteiger partial charge is 0.267 e. The Morgan fingerprint density at radius 2 is 1.91 bits per heavy atom. The van der Waals surface area contributed by atoms with E-state index in [1.807, 2.05) is 19.1 Å². The lowest BCUT2D eigenvalue weighted by atomic mass is 10.1. The number of imide groups is 1. The number of hydrogen-bond acceptors (Lipinski definition) is 6. The number of fused-ring (bicyclic) bond motifs is 3. The molecule has 2 aromatic heterocycles. The first-order valence-corrected chi connectivity index (χ1v) is 7.79. The number of benzene rings is 1. The average Bonchev–Trinajstić information content (AvgIpc) is 3.03. The molecular formula is C15H10N4O3S. The lowest BCUT2D eigenvalue weighted by Gasteiger charge is -2.17. The summed E-state index contributed by atoms with van der Waals surface area (Å²) in [4.78, 5) is 42.2. The Kier molecular flexibility index (Phi) is 2.88. The van der Waals surface area contributed by atoms with Crippen LogP contribution in [0.1, 0.15) is 32.6 Å². The van der Waals surface area contributed by atoms with Gasteiger partial charge in [-0.25, -0.2) is 4.90 Å². The third-order valence-electron chi connectivity index (χ3n) is 3.71. The molecule has 0 spiro atoms. The molecule has 0 saturated heterocycles. The highest BCUT2D eigenvalue weighted by molar-refractivity contribution is 7.19. The first kappa shape index (κ1) is 13.8. The number of amides is 2. The van der Waals surface area contributed by atoms with Crippen molar-refractivity contribution >= 4 is 33.8 Å². The summed E-state index contributed by atoms with van der Waals surface area (Å²) in [5.41, 5.74) is 1.15. The molecule has 7 nitrogen and oxygen atoms in total. The Hall–Kier alpha value is -2.87. The molecule has 114 valence electrons. The Balaban J connectivity index is 1.92. The largest absolute Gasteiger partial charge is 0.292 e. The van der Waals surface area contributed by atoms with Crippen LogP contribution in [0.4, 0.5) is 5.69 Å². The number of aryl methyl sites for hydroxylation is 1. The molecule has 2 amide bonds. The maximum Gasteiger partial charge on any atom is 0.292 e. The van der Waals surface area contributed by atoms with Crippen LogP contribution in [-0.4, -0.2) is 26.4 Å². The second-order valence-electron chi connectivity index (χ2n) is 5.00. The van der Waals surface area contributed by atoms with Crippen molar-refractivity contribution in [2.45, 2.75) is 13.3 Å². The van der Waals surface area contributed by atoms with Crippen LogP contribution in [0.3, 0.4) is 0 Å². The maximum atomic E-state index is 12.8. The van der Waals surface area contributed by atoms with E-state index in [4.69, 9.17) is 0 Å². The predicted molar refractivity (Wildman–Crippen MR) is 84.1 cm³/mol. The van der Waals surface area contributed by atoms with Gasteiger partial charge in [-0.2, -0.15) is 14.6 Å². The van der Waals surface area contributed by atoms with Gasteiger partial charge in [0, 0.05) is 0 Å². The number of aromatic nitrogens is 3. The average molecular weight is 326 g/mol. The molecule has 0 fully saturated rings. The maximum absolute atomic E-state index is 12.8. The van der Waals surface area contributed by atoms with Crippen LogP contribution in [0.5, 0.6) is 0 Å². The number of carbonyl (C=O) groups excluding carboxylic acids is 2. The normalized spacial score (nSPS) is 13.9. The van der Waals surface area contributed by atoms with Gasteiger partial charge >= 0.3 is 0 Å². The van der Waals surface area contributed by atoms with Crippen molar-refractivity contribution < 1.29 is 9.59 Å². The van der Waals surface area contributed by atoms with Crippen molar-refractivity contribution in [2.24, 2.45) is 0 Å². The van der Waals surface area contributed by atoms with E-state index in [1.54, 1.807) is 12.1 Å². The number of anilines is 1. The van der Waals surface area contributed by atoms with Crippen LogP contribution >= 0.6 is 11.3 Å². The van der Waals surface area contributed by atoms with E-state index in [1.165, 1.54) is 9.42 Å². The molecule has 0 radical (unpaired) electrons. The molecule has 1 aliphatic rings. The van der Waals surface area contributed by atoms with Crippen LogP contribution in [0.2, 0.25) is 0 Å². The molecule has 1 aromatic carbocycles. The highest BCUT2D eigenvalue weighted by Crippen LogP contribution is 2.34. The van der Waals surface area contributed by atoms with Crippen LogP contribution in [0.15, 0.2) is 35.3 Å². The molecule has 8 heteroatoms. The van der Waals surface area contributed by atoms with E-state index in [9.17, 15) is 14.4 Å². The van der Waals surface area contributed by atoms with E-state index in [2.05, 4.69) is 10.1 Å². The first-order valence-electron chi connectivity index (χ1n) is 6.97. The van der Waals surface area contributed by atoms with Crippen LogP contribution in [0.25, 0.3) is 4.96 Å². The zero-order valence-corrected chi connectivity index (χ0v) is 12.8. The zero-order chi connectivity index (χ0) is 16.1. The first-order chi connectivity index (χ1) is 11.1. The molecule has 0 unspecified atom stereocenters. The topological polar surface area (TPSA) is 84.6 Å². The van der Waals surface area contributed by atoms with E-state index in [0.29, 0.717) is 12.1 Å². The number of para-hydroxylation sites is 1. The highest BCUT2D eigenvalue weighted by Gasteiger charge is 2.42. The summed E-state index contributed by atoms with van der Waals surface area (Å²) in [7, 11) is 0. The summed E-state index contributed by atoms with van der Waals surface area (Å²) in [5.74, 6) is -0.856. The molecular weight excluding hydrogens is 316 g/mol.